The van der Waals surface area contributed by atoms with E-state index in [9.17, 15) is 9.90 Å². The number of nitrogens with one attached hydrogen (secondary N) is 2. The van der Waals surface area contributed by atoms with Crippen molar-refractivity contribution in [1.82, 2.24) is 10.6 Å². The van der Waals surface area contributed by atoms with Gasteiger partial charge >= 0.3 is 6.09 Å². The smallest absolute Gasteiger partial charge is 0.407 e. The van der Waals surface area contributed by atoms with E-state index in [1.165, 1.54) is 0 Å². The van der Waals surface area contributed by atoms with Crippen LogP contribution in [0.4, 0.5) is 4.79 Å². The summed E-state index contributed by atoms with van der Waals surface area (Å²) in [6.45, 7) is 15.3. The van der Waals surface area contributed by atoms with Gasteiger partial charge < -0.3 is 20.5 Å². The number of carbonyl (C=O) groups is 1. The Morgan fingerprint density at radius 2 is 1.55 bits per heavy atom. The molecule has 1 amide bonds. The highest BCUT2D eigenvalue weighted by Crippen LogP contribution is 2.22. The molecule has 0 aliphatic heterocycles. The fourth-order valence-corrected chi connectivity index (χ4v) is 2.06. The minimum Gasteiger partial charge on any atom is -0.444 e. The number of alkyl carbamates (subject to hydrolysis) is 1. The second-order valence-electron chi connectivity index (χ2n) is 7.52. The van der Waals surface area contributed by atoms with Crippen molar-refractivity contribution >= 4 is 6.09 Å². The Bertz CT molecular complexity index is 329. The molecule has 0 aliphatic carbocycles. The van der Waals surface area contributed by atoms with E-state index < -0.39 is 5.60 Å². The lowest BCUT2D eigenvalue weighted by atomic mass is 9.85. The number of ether oxygens (including phenoxy) is 1. The zero-order valence-electron chi connectivity index (χ0n) is 15.5. The average Bonchev–Trinajstić information content (AvgIpc) is 2.46. The number of rotatable bonds is 9. The van der Waals surface area contributed by atoms with Crippen LogP contribution in [-0.4, -0.2) is 42.0 Å². The van der Waals surface area contributed by atoms with Gasteiger partial charge in [-0.3, -0.25) is 0 Å². The van der Waals surface area contributed by atoms with E-state index in [2.05, 4.69) is 38.3 Å². The monoisotopic (exact) mass is 316 g/mol. The van der Waals surface area contributed by atoms with Crippen LogP contribution >= 0.6 is 0 Å². The summed E-state index contributed by atoms with van der Waals surface area (Å²) in [5, 5.41) is 16.0. The largest absolute Gasteiger partial charge is 0.444 e. The van der Waals surface area contributed by atoms with E-state index >= 15 is 0 Å². The van der Waals surface area contributed by atoms with Gasteiger partial charge in [-0.15, -0.1) is 0 Å². The number of aliphatic hydroxyl groups excluding tert-OH is 1. The maximum Gasteiger partial charge on any atom is 0.407 e. The summed E-state index contributed by atoms with van der Waals surface area (Å²) in [6.07, 6.45) is 2.30. The van der Waals surface area contributed by atoms with Crippen molar-refractivity contribution in [3.63, 3.8) is 0 Å². The van der Waals surface area contributed by atoms with Crippen LogP contribution in [0, 0.1) is 5.41 Å². The zero-order valence-corrected chi connectivity index (χ0v) is 15.5. The Morgan fingerprint density at radius 1 is 1.00 bits per heavy atom. The first-order chi connectivity index (χ1) is 10.1. The summed E-state index contributed by atoms with van der Waals surface area (Å²) >= 11 is 0. The molecule has 5 heteroatoms. The van der Waals surface area contributed by atoms with Crippen LogP contribution in [0.2, 0.25) is 0 Å². The van der Waals surface area contributed by atoms with Crippen molar-refractivity contribution in [3.8, 4) is 0 Å². The van der Waals surface area contributed by atoms with E-state index in [1.54, 1.807) is 0 Å². The maximum atomic E-state index is 11.8. The fourth-order valence-electron chi connectivity index (χ4n) is 2.06. The maximum absolute atomic E-state index is 11.8. The Kier molecular flexibility index (Phi) is 8.40. The summed E-state index contributed by atoms with van der Waals surface area (Å²) in [6, 6.07) is 0. The molecule has 0 heterocycles. The van der Waals surface area contributed by atoms with Gasteiger partial charge in [-0.05, 0) is 40.0 Å². The Morgan fingerprint density at radius 3 is 1.91 bits per heavy atom. The molecule has 1 unspecified atom stereocenters. The highest BCUT2D eigenvalue weighted by atomic mass is 16.6. The molecule has 0 saturated heterocycles. The van der Waals surface area contributed by atoms with Gasteiger partial charge in [0.1, 0.15) is 5.60 Å². The molecule has 1 atom stereocenters. The minimum atomic E-state index is -0.490. The molecule has 0 bridgehead atoms. The summed E-state index contributed by atoms with van der Waals surface area (Å²) in [5.74, 6) is 0. The molecule has 0 aromatic carbocycles. The predicted molar refractivity (Wildman–Crippen MR) is 91.0 cm³/mol. The first-order valence-electron chi connectivity index (χ1n) is 8.38. The number of hydrogen-bond donors (Lipinski definition) is 3. The molecule has 0 radical (unpaired) electrons. The number of carbonyl (C=O) groups excluding carboxylic acids is 1. The fraction of sp³-hybridized carbons (Fsp3) is 0.941. The molecule has 0 saturated carbocycles. The lowest BCUT2D eigenvalue weighted by Crippen LogP contribution is -2.56. The Balaban J connectivity index is 4.66. The molecule has 0 fully saturated rings. The topological polar surface area (TPSA) is 70.6 Å². The van der Waals surface area contributed by atoms with Crippen molar-refractivity contribution in [3.05, 3.63) is 0 Å². The van der Waals surface area contributed by atoms with Crippen LogP contribution in [0.5, 0.6) is 0 Å². The SMILES string of the molecule is CCC(C)(CO)CNC(CC)(CC)CNC(=O)OC(C)(C)C. The first kappa shape index (κ1) is 21.2. The van der Waals surface area contributed by atoms with Gasteiger partial charge in [-0.25, -0.2) is 4.79 Å². The van der Waals surface area contributed by atoms with Crippen molar-refractivity contribution in [1.29, 1.82) is 0 Å². The molecule has 0 aromatic heterocycles. The highest BCUT2D eigenvalue weighted by molar-refractivity contribution is 5.67. The van der Waals surface area contributed by atoms with Gasteiger partial charge in [0.15, 0.2) is 0 Å². The second kappa shape index (κ2) is 8.73. The number of amides is 1. The molecule has 3 N–H and O–H groups in total. The van der Waals surface area contributed by atoms with Gasteiger partial charge in [-0.1, -0.05) is 27.7 Å². The van der Waals surface area contributed by atoms with Crippen LogP contribution in [0.1, 0.15) is 67.7 Å². The predicted octanol–water partition coefficient (Wildman–Crippen LogP) is 3.07. The van der Waals surface area contributed by atoms with Gasteiger partial charge in [0, 0.05) is 30.7 Å². The number of hydrogen-bond acceptors (Lipinski definition) is 4. The standard InChI is InChI=1S/C17H36N2O3/c1-8-16(7,13-20)11-19-17(9-2,10-3)12-18-14(21)22-15(4,5)6/h19-20H,8-13H2,1-7H3,(H,18,21). The first-order valence-corrected chi connectivity index (χ1v) is 8.38. The quantitative estimate of drug-likeness (QED) is 0.611. The minimum absolute atomic E-state index is 0.137. The second-order valence-corrected chi connectivity index (χ2v) is 7.52. The Labute approximate surface area is 136 Å². The highest BCUT2D eigenvalue weighted by Gasteiger charge is 2.31. The van der Waals surface area contributed by atoms with Gasteiger partial charge in [-0.2, -0.15) is 0 Å². The molecule has 0 spiro atoms. The van der Waals surface area contributed by atoms with Gasteiger partial charge in [0.05, 0.1) is 0 Å². The van der Waals surface area contributed by atoms with Crippen molar-refractivity contribution in [2.45, 2.75) is 78.9 Å². The third-order valence-electron chi connectivity index (χ3n) is 4.45. The van der Waals surface area contributed by atoms with Crippen molar-refractivity contribution < 1.29 is 14.6 Å². The third-order valence-corrected chi connectivity index (χ3v) is 4.45. The van der Waals surface area contributed by atoms with E-state index in [-0.39, 0.29) is 23.7 Å². The summed E-state index contributed by atoms with van der Waals surface area (Å²) in [7, 11) is 0. The zero-order chi connectivity index (χ0) is 17.4. The van der Waals surface area contributed by atoms with Crippen LogP contribution in [0.25, 0.3) is 0 Å². The van der Waals surface area contributed by atoms with Crippen LogP contribution in [0.15, 0.2) is 0 Å². The molecular weight excluding hydrogens is 280 g/mol. The van der Waals surface area contributed by atoms with E-state index in [4.69, 9.17) is 4.74 Å². The van der Waals surface area contributed by atoms with E-state index in [0.717, 1.165) is 25.8 Å². The molecule has 0 aromatic rings. The van der Waals surface area contributed by atoms with Gasteiger partial charge in [0.25, 0.3) is 0 Å². The summed E-state index contributed by atoms with van der Waals surface area (Å²) < 4.78 is 5.29. The molecule has 0 rings (SSSR count). The van der Waals surface area contributed by atoms with Crippen LogP contribution in [0.3, 0.4) is 0 Å². The summed E-state index contributed by atoms with van der Waals surface area (Å²) in [4.78, 5) is 11.8. The normalized spacial score (nSPS) is 15.3. The van der Waals surface area contributed by atoms with E-state index in [1.807, 2.05) is 20.8 Å². The third kappa shape index (κ3) is 7.45. The molecule has 132 valence electrons. The van der Waals surface area contributed by atoms with Crippen LogP contribution < -0.4 is 10.6 Å². The van der Waals surface area contributed by atoms with Crippen molar-refractivity contribution in [2.75, 3.05) is 19.7 Å². The van der Waals surface area contributed by atoms with Crippen molar-refractivity contribution in [2.24, 2.45) is 5.41 Å². The lowest BCUT2D eigenvalue weighted by Gasteiger charge is -2.37. The van der Waals surface area contributed by atoms with E-state index in [0.29, 0.717) is 6.54 Å². The molecule has 0 aliphatic rings. The molecule has 22 heavy (non-hydrogen) atoms. The molecular formula is C17H36N2O3. The molecule has 5 nitrogen and oxygen atoms in total. The number of aliphatic hydroxyl groups is 1. The Hall–Kier alpha value is -0.810. The average molecular weight is 316 g/mol. The lowest BCUT2D eigenvalue weighted by molar-refractivity contribution is 0.0500. The van der Waals surface area contributed by atoms with Crippen LogP contribution in [-0.2, 0) is 4.74 Å². The van der Waals surface area contributed by atoms with Gasteiger partial charge in [0.2, 0.25) is 0 Å². The summed E-state index contributed by atoms with van der Waals surface area (Å²) in [5.41, 5.74) is -0.805.